The Kier molecular flexibility index (Phi) is 5.80. The maximum atomic E-state index is 11.2. The van der Waals surface area contributed by atoms with Crippen LogP contribution in [0.15, 0.2) is 0 Å². The van der Waals surface area contributed by atoms with Crippen LogP contribution >= 0.6 is 16.3 Å². The van der Waals surface area contributed by atoms with E-state index >= 15 is 0 Å². The Morgan fingerprint density at radius 1 is 1.18 bits per heavy atom. The van der Waals surface area contributed by atoms with E-state index in [1.54, 1.807) is 7.11 Å². The molecule has 7 nitrogen and oxygen atoms in total. The number of rotatable bonds is 5. The average Bonchev–Trinajstić information content (AvgIpc) is 2.28. The van der Waals surface area contributed by atoms with Gasteiger partial charge in [0.1, 0.15) is 0 Å². The van der Waals surface area contributed by atoms with Gasteiger partial charge in [0.15, 0.2) is 0 Å². The SMILES string of the molecule is COC1CCC(C(O)(O[PH](=O)O)[PH](=O)O)CC1. The molecule has 0 aromatic heterocycles. The lowest BCUT2D eigenvalue weighted by Crippen LogP contribution is -2.39. The molecule has 0 amide bonds. The lowest BCUT2D eigenvalue weighted by Gasteiger charge is -2.36. The van der Waals surface area contributed by atoms with Gasteiger partial charge in [-0.15, -0.1) is 0 Å². The Bertz CT molecular complexity index is 302. The van der Waals surface area contributed by atoms with Gasteiger partial charge in [0, 0.05) is 13.0 Å². The smallest absolute Gasteiger partial charge is 0.319 e. The number of methoxy groups -OCH3 is 1. The molecule has 0 spiro atoms. The summed E-state index contributed by atoms with van der Waals surface area (Å²) in [5.41, 5.74) is -2.39. The Hall–Kier alpha value is 0.260. The second-order valence-corrected chi connectivity index (χ2v) is 6.14. The summed E-state index contributed by atoms with van der Waals surface area (Å²) in [5.74, 6) is -0.619. The van der Waals surface area contributed by atoms with E-state index in [9.17, 15) is 14.2 Å². The molecule has 3 atom stereocenters. The molecule has 102 valence electrons. The van der Waals surface area contributed by atoms with Gasteiger partial charge >= 0.3 is 8.25 Å². The van der Waals surface area contributed by atoms with Gasteiger partial charge < -0.3 is 19.6 Å². The summed E-state index contributed by atoms with van der Waals surface area (Å²) in [6, 6.07) is 0. The van der Waals surface area contributed by atoms with Crippen LogP contribution in [0, 0.1) is 5.92 Å². The van der Waals surface area contributed by atoms with Crippen LogP contribution in [0.3, 0.4) is 0 Å². The van der Waals surface area contributed by atoms with E-state index in [4.69, 9.17) is 14.5 Å². The summed E-state index contributed by atoms with van der Waals surface area (Å²) in [7, 11) is -5.37. The number of hydrogen-bond acceptors (Lipinski definition) is 5. The molecule has 0 aromatic carbocycles. The molecular weight excluding hydrogens is 270 g/mol. The molecule has 0 aromatic rings. The quantitative estimate of drug-likeness (QED) is 0.504. The van der Waals surface area contributed by atoms with Crippen molar-refractivity contribution in [3.8, 4) is 0 Å². The molecule has 0 heterocycles. The van der Waals surface area contributed by atoms with Gasteiger partial charge in [-0.2, -0.15) is 0 Å². The van der Waals surface area contributed by atoms with E-state index in [1.807, 2.05) is 0 Å². The highest BCUT2D eigenvalue weighted by Gasteiger charge is 2.46. The highest BCUT2D eigenvalue weighted by atomic mass is 31.1. The first-order valence-corrected chi connectivity index (χ1v) is 7.92. The van der Waals surface area contributed by atoms with Crippen LogP contribution in [0.2, 0.25) is 0 Å². The minimum atomic E-state index is -3.48. The first kappa shape index (κ1) is 15.3. The highest BCUT2D eigenvalue weighted by Crippen LogP contribution is 2.50. The molecule has 1 aliphatic rings. The van der Waals surface area contributed by atoms with Gasteiger partial charge in [-0.1, -0.05) is 0 Å². The summed E-state index contributed by atoms with van der Waals surface area (Å²) >= 11 is 0. The predicted molar refractivity (Wildman–Crippen MR) is 61.2 cm³/mol. The normalized spacial score (nSPS) is 32.7. The van der Waals surface area contributed by atoms with Crippen LogP contribution in [0.25, 0.3) is 0 Å². The van der Waals surface area contributed by atoms with Gasteiger partial charge in [-0.3, -0.25) is 13.7 Å². The standard InChI is InChI=1S/C8H18O7P2/c1-14-7-4-2-6(3-5-7)8(9,16(10)11)15-17(12)13/h6-7,9,16-17H,2-5H2,1H3,(H,10,11)(H,12,13). The molecule has 0 radical (unpaired) electrons. The highest BCUT2D eigenvalue weighted by molar-refractivity contribution is 7.41. The van der Waals surface area contributed by atoms with E-state index in [2.05, 4.69) is 4.52 Å². The lowest BCUT2D eigenvalue weighted by molar-refractivity contribution is -0.127. The molecule has 1 fully saturated rings. The van der Waals surface area contributed by atoms with Gasteiger partial charge in [0.25, 0.3) is 5.53 Å². The topological polar surface area (TPSA) is 113 Å². The summed E-state index contributed by atoms with van der Waals surface area (Å²) < 4.78 is 31.3. The first-order chi connectivity index (χ1) is 7.90. The van der Waals surface area contributed by atoms with Crippen LogP contribution in [-0.2, 0) is 18.4 Å². The molecule has 17 heavy (non-hydrogen) atoms. The fourth-order valence-corrected chi connectivity index (χ4v) is 3.81. The monoisotopic (exact) mass is 288 g/mol. The summed E-state index contributed by atoms with van der Waals surface area (Å²) in [5, 5.41) is 9.93. The van der Waals surface area contributed by atoms with Gasteiger partial charge in [-0.25, -0.2) is 0 Å². The third kappa shape index (κ3) is 3.86. The Balaban J connectivity index is 2.72. The van der Waals surface area contributed by atoms with Crippen LogP contribution in [-0.4, -0.2) is 33.6 Å². The minimum absolute atomic E-state index is 0.0580. The summed E-state index contributed by atoms with van der Waals surface area (Å²) in [4.78, 5) is 17.8. The van der Waals surface area contributed by atoms with Crippen LogP contribution in [0.5, 0.6) is 0 Å². The zero-order chi connectivity index (χ0) is 13.1. The molecule has 1 aliphatic carbocycles. The van der Waals surface area contributed by atoms with Crippen LogP contribution < -0.4 is 0 Å². The van der Waals surface area contributed by atoms with E-state index in [-0.39, 0.29) is 6.10 Å². The van der Waals surface area contributed by atoms with Crippen LogP contribution in [0.1, 0.15) is 25.7 Å². The number of aliphatic hydroxyl groups is 1. The van der Waals surface area contributed by atoms with E-state index < -0.39 is 27.7 Å². The van der Waals surface area contributed by atoms with E-state index in [1.165, 1.54) is 0 Å². The molecule has 0 bridgehead atoms. The van der Waals surface area contributed by atoms with E-state index in [0.29, 0.717) is 25.7 Å². The average molecular weight is 288 g/mol. The summed E-state index contributed by atoms with van der Waals surface area (Å²) in [6.07, 6.45) is 2.13. The molecule has 3 unspecified atom stereocenters. The van der Waals surface area contributed by atoms with Crippen molar-refractivity contribution in [2.75, 3.05) is 7.11 Å². The Morgan fingerprint density at radius 2 is 1.71 bits per heavy atom. The number of ether oxygens (including phenoxy) is 1. The fraction of sp³-hybridized carbons (Fsp3) is 1.00. The van der Waals surface area contributed by atoms with Crippen molar-refractivity contribution in [1.82, 2.24) is 0 Å². The molecule has 0 aliphatic heterocycles. The largest absolute Gasteiger partial charge is 0.381 e. The van der Waals surface area contributed by atoms with E-state index in [0.717, 1.165) is 0 Å². The van der Waals surface area contributed by atoms with Crippen molar-refractivity contribution < 1.29 is 33.3 Å². The number of hydrogen-bond donors (Lipinski definition) is 3. The van der Waals surface area contributed by atoms with Gasteiger partial charge in [0.2, 0.25) is 8.03 Å². The molecule has 9 heteroatoms. The maximum absolute atomic E-state index is 11.2. The van der Waals surface area contributed by atoms with Crippen molar-refractivity contribution >= 4 is 16.3 Å². The zero-order valence-corrected chi connectivity index (χ0v) is 11.5. The fourth-order valence-electron chi connectivity index (χ4n) is 2.12. The van der Waals surface area contributed by atoms with Crippen molar-refractivity contribution in [3.05, 3.63) is 0 Å². The first-order valence-electron chi connectivity index (χ1n) is 5.30. The zero-order valence-electron chi connectivity index (χ0n) is 9.46. The summed E-state index contributed by atoms with van der Waals surface area (Å²) in [6.45, 7) is 0. The lowest BCUT2D eigenvalue weighted by atomic mass is 9.87. The predicted octanol–water partition coefficient (Wildman–Crippen LogP) is 0.703. The minimum Gasteiger partial charge on any atom is -0.381 e. The second kappa shape index (κ2) is 6.43. The molecular formula is C8H18O7P2. The van der Waals surface area contributed by atoms with Crippen LogP contribution in [0.4, 0.5) is 0 Å². The molecule has 3 N–H and O–H groups in total. The van der Waals surface area contributed by atoms with Crippen molar-refractivity contribution in [2.45, 2.75) is 37.3 Å². The maximum Gasteiger partial charge on any atom is 0.319 e. The molecule has 1 rings (SSSR count). The van der Waals surface area contributed by atoms with Crippen molar-refractivity contribution in [2.24, 2.45) is 5.92 Å². The van der Waals surface area contributed by atoms with Crippen molar-refractivity contribution in [3.63, 3.8) is 0 Å². The van der Waals surface area contributed by atoms with Crippen molar-refractivity contribution in [1.29, 1.82) is 0 Å². The third-order valence-electron chi connectivity index (χ3n) is 3.11. The molecule has 1 saturated carbocycles. The Labute approximate surface area is 101 Å². The third-order valence-corrected chi connectivity index (χ3v) is 4.92. The second-order valence-electron chi connectivity index (χ2n) is 4.08. The molecule has 0 saturated heterocycles. The van der Waals surface area contributed by atoms with Gasteiger partial charge in [-0.05, 0) is 25.7 Å². The van der Waals surface area contributed by atoms with Gasteiger partial charge in [0.05, 0.1) is 6.10 Å². The Morgan fingerprint density at radius 3 is 2.06 bits per heavy atom.